The van der Waals surface area contributed by atoms with E-state index in [1.165, 1.54) is 20.8 Å². The first-order chi connectivity index (χ1) is 7.24. The molecule has 4 nitrogen and oxygen atoms in total. The van der Waals surface area contributed by atoms with Crippen molar-refractivity contribution in [3.8, 4) is 0 Å². The molecule has 0 saturated carbocycles. The monoisotopic (exact) mass is 233 g/mol. The van der Waals surface area contributed by atoms with Gasteiger partial charge in [-0.15, -0.1) is 6.58 Å². The molecule has 0 radical (unpaired) electrons. The molecule has 0 aliphatic heterocycles. The summed E-state index contributed by atoms with van der Waals surface area (Å²) < 4.78 is 32.1. The van der Waals surface area contributed by atoms with E-state index in [0.717, 1.165) is 6.08 Å². The number of aliphatic hydroxyl groups is 1. The average Bonchev–Trinajstić information content (AvgIpc) is 2.18. The first-order valence-corrected chi connectivity index (χ1v) is 4.67. The molecule has 0 unspecified atom stereocenters. The minimum absolute atomic E-state index is 0.0184. The molecule has 0 atom stereocenters. The van der Waals surface area contributed by atoms with Crippen molar-refractivity contribution >= 4 is 0 Å². The van der Waals surface area contributed by atoms with E-state index in [9.17, 15) is 13.9 Å². The molecular formula is C10H15F2N2O2+. The largest absolute Gasteiger partial charge is 0.509 e. The Morgan fingerprint density at radius 2 is 2.06 bits per heavy atom. The number of nitrogens with zero attached hydrogens (tertiary/aromatic N) is 2. The molecule has 0 bridgehead atoms. The molecule has 0 heterocycles. The third-order valence-corrected chi connectivity index (χ3v) is 2.20. The van der Waals surface area contributed by atoms with E-state index in [0.29, 0.717) is 0 Å². The SMILES string of the molecule is C=CC(C)(C)C(F)(F)/C([N+]#N)=C(\O)OCC. The molecule has 0 spiro atoms. The van der Waals surface area contributed by atoms with Crippen molar-refractivity contribution in [2.45, 2.75) is 26.7 Å². The Bertz CT molecular complexity index is 343. The van der Waals surface area contributed by atoms with Gasteiger partial charge in [0, 0.05) is 0 Å². The summed E-state index contributed by atoms with van der Waals surface area (Å²) in [6, 6.07) is 0. The molecule has 0 fully saturated rings. The smallest absolute Gasteiger partial charge is 0.475 e. The van der Waals surface area contributed by atoms with E-state index in [1.54, 1.807) is 0 Å². The third-order valence-electron chi connectivity index (χ3n) is 2.20. The molecule has 1 N–H and O–H groups in total. The molecule has 6 heteroatoms. The lowest BCUT2D eigenvalue weighted by atomic mass is 9.84. The average molecular weight is 233 g/mol. The number of hydrogen-bond acceptors (Lipinski definition) is 3. The number of ether oxygens (including phenoxy) is 1. The van der Waals surface area contributed by atoms with E-state index in [2.05, 4.69) is 16.3 Å². The van der Waals surface area contributed by atoms with Crippen molar-refractivity contribution in [2.75, 3.05) is 6.61 Å². The zero-order chi connectivity index (χ0) is 13.0. The fourth-order valence-electron chi connectivity index (χ4n) is 0.878. The van der Waals surface area contributed by atoms with Crippen molar-refractivity contribution in [2.24, 2.45) is 5.41 Å². The highest BCUT2D eigenvalue weighted by molar-refractivity contribution is 5.25. The summed E-state index contributed by atoms with van der Waals surface area (Å²) in [5.74, 6) is -4.69. The van der Waals surface area contributed by atoms with Crippen LogP contribution < -0.4 is 0 Å². The fraction of sp³-hybridized carbons (Fsp3) is 0.600. The second-order valence-electron chi connectivity index (χ2n) is 3.69. The summed E-state index contributed by atoms with van der Waals surface area (Å²) in [6.07, 6.45) is 1.01. The van der Waals surface area contributed by atoms with Crippen molar-refractivity contribution in [1.82, 2.24) is 0 Å². The first-order valence-electron chi connectivity index (χ1n) is 4.67. The van der Waals surface area contributed by atoms with Crippen molar-refractivity contribution < 1.29 is 18.6 Å². The number of rotatable bonds is 5. The Balaban J connectivity index is 5.52. The van der Waals surface area contributed by atoms with Crippen LogP contribution >= 0.6 is 0 Å². The van der Waals surface area contributed by atoms with Gasteiger partial charge in [-0.2, -0.15) is 8.78 Å². The molecule has 0 rings (SSSR count). The summed E-state index contributed by atoms with van der Waals surface area (Å²) in [5.41, 5.74) is -2.89. The summed E-state index contributed by atoms with van der Waals surface area (Å²) in [5, 5.41) is 17.7. The molecule has 90 valence electrons. The lowest BCUT2D eigenvalue weighted by Gasteiger charge is -2.25. The number of alkyl halides is 2. The Labute approximate surface area is 92.8 Å². The van der Waals surface area contributed by atoms with Crippen LogP contribution in [0.15, 0.2) is 24.3 Å². The van der Waals surface area contributed by atoms with Crippen molar-refractivity contribution in [1.29, 1.82) is 5.39 Å². The molecule has 0 aromatic heterocycles. The topological polar surface area (TPSA) is 57.6 Å². The van der Waals surface area contributed by atoms with E-state index in [4.69, 9.17) is 5.39 Å². The molecule has 0 aliphatic carbocycles. The van der Waals surface area contributed by atoms with Gasteiger partial charge in [0.25, 0.3) is 0 Å². The summed E-state index contributed by atoms with van der Waals surface area (Å²) >= 11 is 0. The lowest BCUT2D eigenvalue weighted by Crippen LogP contribution is -2.36. The van der Waals surface area contributed by atoms with Gasteiger partial charge in [0.2, 0.25) is 5.39 Å². The quantitative estimate of drug-likeness (QED) is 0.449. The third kappa shape index (κ3) is 2.48. The van der Waals surface area contributed by atoms with Gasteiger partial charge >= 0.3 is 17.6 Å². The lowest BCUT2D eigenvalue weighted by molar-refractivity contribution is -0.0535. The van der Waals surface area contributed by atoms with Gasteiger partial charge in [0.15, 0.2) is 4.98 Å². The Hall–Kier alpha value is -1.64. The Morgan fingerprint density at radius 3 is 2.38 bits per heavy atom. The van der Waals surface area contributed by atoms with Gasteiger partial charge in [-0.05, 0) is 20.8 Å². The number of allylic oxidation sites excluding steroid dienone is 2. The standard InChI is InChI=1S/C10H14F2N2O2/c1-5-9(3,4)10(11,12)7(14-13)8(15)16-6-2/h5H,1,6H2,2-4H3/p+1/b8-7-. The first kappa shape index (κ1) is 14.4. The van der Waals surface area contributed by atoms with Crippen molar-refractivity contribution in [3.63, 3.8) is 0 Å². The van der Waals surface area contributed by atoms with Crippen LogP contribution in [0.2, 0.25) is 0 Å². The molecule has 0 saturated heterocycles. The van der Waals surface area contributed by atoms with Crippen LogP contribution in [0.5, 0.6) is 0 Å². The predicted octanol–water partition coefficient (Wildman–Crippen LogP) is 3.45. The summed E-state index contributed by atoms with van der Waals surface area (Å²) in [7, 11) is 0. The van der Waals surface area contributed by atoms with Gasteiger partial charge in [-0.1, -0.05) is 6.08 Å². The van der Waals surface area contributed by atoms with E-state index in [1.807, 2.05) is 0 Å². The van der Waals surface area contributed by atoms with Gasteiger partial charge in [0.1, 0.15) is 0 Å². The predicted molar refractivity (Wildman–Crippen MR) is 55.3 cm³/mol. The van der Waals surface area contributed by atoms with Crippen LogP contribution in [0, 0.1) is 10.8 Å². The normalized spacial score (nSPS) is 13.8. The zero-order valence-corrected chi connectivity index (χ0v) is 9.50. The molecule has 0 aliphatic rings. The van der Waals surface area contributed by atoms with E-state index < -0.39 is 23.0 Å². The number of halogens is 2. The van der Waals surface area contributed by atoms with Crippen LogP contribution in [0.4, 0.5) is 8.78 Å². The zero-order valence-electron chi connectivity index (χ0n) is 9.50. The number of aliphatic hydroxyl groups excluding tert-OH is 1. The van der Waals surface area contributed by atoms with Gasteiger partial charge < -0.3 is 9.84 Å². The highest BCUT2D eigenvalue weighted by Crippen LogP contribution is 2.44. The van der Waals surface area contributed by atoms with E-state index in [-0.39, 0.29) is 6.61 Å². The Morgan fingerprint density at radius 1 is 1.56 bits per heavy atom. The maximum absolute atomic E-state index is 13.8. The van der Waals surface area contributed by atoms with Crippen LogP contribution in [0.1, 0.15) is 20.8 Å². The summed E-state index contributed by atoms with van der Waals surface area (Å²) in [4.78, 5) is 2.40. The minimum Gasteiger partial charge on any atom is -0.475 e. The number of diazo groups is 1. The van der Waals surface area contributed by atoms with Crippen LogP contribution in [-0.4, -0.2) is 17.6 Å². The highest BCUT2D eigenvalue weighted by atomic mass is 19.3. The molecule has 0 amide bonds. The van der Waals surface area contributed by atoms with E-state index >= 15 is 0 Å². The molecule has 0 aromatic rings. The molecule has 0 aromatic carbocycles. The van der Waals surface area contributed by atoms with Crippen LogP contribution in [0.3, 0.4) is 0 Å². The van der Waals surface area contributed by atoms with Crippen LogP contribution in [-0.2, 0) is 4.74 Å². The van der Waals surface area contributed by atoms with Gasteiger partial charge in [0.05, 0.1) is 12.0 Å². The molecular weight excluding hydrogens is 218 g/mol. The Kier molecular flexibility index (Phi) is 4.42. The number of hydrogen-bond donors (Lipinski definition) is 1. The molecule has 16 heavy (non-hydrogen) atoms. The maximum atomic E-state index is 13.8. The second-order valence-corrected chi connectivity index (χ2v) is 3.69. The maximum Gasteiger partial charge on any atom is 0.509 e. The van der Waals surface area contributed by atoms with Gasteiger partial charge in [-0.3, -0.25) is 0 Å². The second kappa shape index (κ2) is 4.92. The van der Waals surface area contributed by atoms with Crippen LogP contribution in [0.25, 0.3) is 4.98 Å². The summed E-state index contributed by atoms with van der Waals surface area (Å²) in [6.45, 7) is 7.15. The minimum atomic E-state index is -3.59. The van der Waals surface area contributed by atoms with Crippen molar-refractivity contribution in [3.05, 3.63) is 29.3 Å². The van der Waals surface area contributed by atoms with Gasteiger partial charge in [-0.25, -0.2) is 0 Å². The highest BCUT2D eigenvalue weighted by Gasteiger charge is 2.59. The fourth-order valence-corrected chi connectivity index (χ4v) is 0.878.